The molecule has 4 heteroatoms. The average Bonchev–Trinajstić information content (AvgIpc) is 2.43. The van der Waals surface area contributed by atoms with Crippen LogP contribution in [0, 0.1) is 13.8 Å². The fourth-order valence-electron chi connectivity index (χ4n) is 2.10. The first-order valence-corrected chi connectivity index (χ1v) is 6.33. The van der Waals surface area contributed by atoms with Crippen molar-refractivity contribution in [1.29, 1.82) is 0 Å². The van der Waals surface area contributed by atoms with Crippen molar-refractivity contribution in [3.63, 3.8) is 0 Å². The fourth-order valence-corrected chi connectivity index (χ4v) is 3.00. The van der Waals surface area contributed by atoms with E-state index >= 15 is 0 Å². The number of nitrogens with zero attached hydrogens (tertiary/aromatic N) is 2. The van der Waals surface area contributed by atoms with Crippen LogP contribution in [-0.4, -0.2) is 23.6 Å². The smallest absolute Gasteiger partial charge is 0.185 e. The highest BCUT2D eigenvalue weighted by molar-refractivity contribution is 7.15. The third kappa shape index (κ3) is 2.01. The molecule has 0 unspecified atom stereocenters. The highest BCUT2D eigenvalue weighted by Crippen LogP contribution is 2.33. The van der Waals surface area contributed by atoms with Gasteiger partial charge in [-0.15, -0.1) is 11.3 Å². The number of aromatic nitrogens is 1. The molecule has 1 fully saturated rings. The third-order valence-electron chi connectivity index (χ3n) is 3.05. The Morgan fingerprint density at radius 1 is 1.47 bits per heavy atom. The normalized spacial score (nSPS) is 19.1. The summed E-state index contributed by atoms with van der Waals surface area (Å²) in [4.78, 5) is 8.15. The van der Waals surface area contributed by atoms with Gasteiger partial charge in [0.25, 0.3) is 0 Å². The van der Waals surface area contributed by atoms with Crippen molar-refractivity contribution < 1.29 is 0 Å². The van der Waals surface area contributed by atoms with Crippen molar-refractivity contribution in [2.24, 2.45) is 5.73 Å². The zero-order valence-electron chi connectivity index (χ0n) is 9.71. The molecule has 1 aliphatic rings. The summed E-state index contributed by atoms with van der Waals surface area (Å²) in [5.41, 5.74) is 7.42. The number of thiazole rings is 1. The topological polar surface area (TPSA) is 42.1 Å². The first-order valence-electron chi connectivity index (χ1n) is 5.52. The monoisotopic (exact) mass is 225 g/mol. The number of hydrogen-bond acceptors (Lipinski definition) is 4. The molecular weight excluding hydrogens is 206 g/mol. The van der Waals surface area contributed by atoms with E-state index in [0.717, 1.165) is 30.3 Å². The Morgan fingerprint density at radius 3 is 2.60 bits per heavy atom. The maximum absolute atomic E-state index is 6.22. The Kier molecular flexibility index (Phi) is 2.73. The molecule has 84 valence electrons. The molecule has 0 atom stereocenters. The maximum Gasteiger partial charge on any atom is 0.185 e. The van der Waals surface area contributed by atoms with Crippen LogP contribution in [0.15, 0.2) is 0 Å². The summed E-state index contributed by atoms with van der Waals surface area (Å²) in [7, 11) is 0. The summed E-state index contributed by atoms with van der Waals surface area (Å²) in [5, 5.41) is 1.14. The van der Waals surface area contributed by atoms with Gasteiger partial charge in [0.2, 0.25) is 0 Å². The van der Waals surface area contributed by atoms with Gasteiger partial charge in [-0.2, -0.15) is 0 Å². The van der Waals surface area contributed by atoms with Crippen molar-refractivity contribution in [3.8, 4) is 0 Å². The minimum absolute atomic E-state index is 0.0439. The van der Waals surface area contributed by atoms with Gasteiger partial charge >= 0.3 is 0 Å². The Labute approximate surface area is 95.3 Å². The molecular formula is C11H19N3S. The van der Waals surface area contributed by atoms with E-state index < -0.39 is 0 Å². The summed E-state index contributed by atoms with van der Waals surface area (Å²) in [6.45, 7) is 8.31. The van der Waals surface area contributed by atoms with Crippen molar-refractivity contribution in [2.75, 3.05) is 18.0 Å². The lowest BCUT2D eigenvalue weighted by Crippen LogP contribution is -2.67. The quantitative estimate of drug-likeness (QED) is 0.856. The number of nitrogens with two attached hydrogens (primary N) is 1. The first kappa shape index (κ1) is 10.9. The lowest BCUT2D eigenvalue weighted by molar-refractivity contribution is 0.307. The van der Waals surface area contributed by atoms with E-state index in [1.165, 1.54) is 11.3 Å². The average molecular weight is 225 g/mol. The summed E-state index contributed by atoms with van der Waals surface area (Å²) in [6, 6.07) is 0. The van der Waals surface area contributed by atoms with Crippen molar-refractivity contribution in [3.05, 3.63) is 10.6 Å². The molecule has 1 aromatic rings. The van der Waals surface area contributed by atoms with E-state index in [1.807, 2.05) is 0 Å². The zero-order valence-corrected chi connectivity index (χ0v) is 10.5. The van der Waals surface area contributed by atoms with Crippen LogP contribution in [0.4, 0.5) is 5.13 Å². The van der Waals surface area contributed by atoms with E-state index in [2.05, 4.69) is 30.7 Å². The predicted octanol–water partition coefficient (Wildman–Crippen LogP) is 2.08. The molecule has 3 nitrogen and oxygen atoms in total. The third-order valence-corrected chi connectivity index (χ3v) is 4.18. The maximum atomic E-state index is 6.22. The predicted molar refractivity (Wildman–Crippen MR) is 65.6 cm³/mol. The number of hydrogen-bond donors (Lipinski definition) is 1. The Bertz CT molecular complexity index is 333. The lowest BCUT2D eigenvalue weighted by atomic mass is 9.87. The number of anilines is 1. The second-order valence-corrected chi connectivity index (χ2v) is 5.79. The van der Waals surface area contributed by atoms with Crippen molar-refractivity contribution >= 4 is 16.5 Å². The van der Waals surface area contributed by atoms with Gasteiger partial charge in [-0.1, -0.05) is 13.3 Å². The molecule has 2 heterocycles. The van der Waals surface area contributed by atoms with Gasteiger partial charge in [0, 0.05) is 18.0 Å². The van der Waals surface area contributed by atoms with Gasteiger partial charge in [0.15, 0.2) is 5.13 Å². The molecule has 1 aromatic heterocycles. The largest absolute Gasteiger partial charge is 0.344 e. The second kappa shape index (κ2) is 3.76. The Morgan fingerprint density at radius 2 is 2.13 bits per heavy atom. The van der Waals surface area contributed by atoms with E-state index in [9.17, 15) is 0 Å². The molecule has 0 saturated carbocycles. The highest BCUT2D eigenvalue weighted by Gasteiger charge is 2.39. The van der Waals surface area contributed by atoms with Crippen LogP contribution in [0.2, 0.25) is 0 Å². The van der Waals surface area contributed by atoms with Crippen LogP contribution >= 0.6 is 11.3 Å². The SMILES string of the molecule is CCCC1(N)CN(c2nc(C)c(C)s2)C1. The van der Waals surface area contributed by atoms with E-state index in [1.54, 1.807) is 11.3 Å². The minimum Gasteiger partial charge on any atom is -0.344 e. The van der Waals surface area contributed by atoms with Crippen LogP contribution in [0.3, 0.4) is 0 Å². The summed E-state index contributed by atoms with van der Waals surface area (Å²) < 4.78 is 0. The molecule has 1 saturated heterocycles. The molecule has 0 aliphatic carbocycles. The molecule has 2 N–H and O–H groups in total. The zero-order chi connectivity index (χ0) is 11.1. The van der Waals surface area contributed by atoms with E-state index in [4.69, 9.17) is 5.73 Å². The molecule has 2 rings (SSSR count). The van der Waals surface area contributed by atoms with Crippen LogP contribution in [0.5, 0.6) is 0 Å². The summed E-state index contributed by atoms with van der Waals surface area (Å²) in [5.74, 6) is 0. The van der Waals surface area contributed by atoms with Crippen LogP contribution < -0.4 is 10.6 Å². The first-order chi connectivity index (χ1) is 7.04. The van der Waals surface area contributed by atoms with Gasteiger partial charge in [-0.05, 0) is 20.3 Å². The molecule has 0 radical (unpaired) electrons. The standard InChI is InChI=1S/C11H19N3S/c1-4-5-11(12)6-14(7-11)10-13-8(2)9(3)15-10/h4-7,12H2,1-3H3. The van der Waals surface area contributed by atoms with E-state index in [-0.39, 0.29) is 5.54 Å². The molecule has 15 heavy (non-hydrogen) atoms. The van der Waals surface area contributed by atoms with Gasteiger partial charge < -0.3 is 10.6 Å². The van der Waals surface area contributed by atoms with Crippen molar-refractivity contribution in [2.45, 2.75) is 39.2 Å². The fraction of sp³-hybridized carbons (Fsp3) is 0.727. The Hall–Kier alpha value is -0.610. The summed E-state index contributed by atoms with van der Waals surface area (Å²) in [6.07, 6.45) is 2.28. The lowest BCUT2D eigenvalue weighted by Gasteiger charge is -2.47. The van der Waals surface area contributed by atoms with Crippen LogP contribution in [-0.2, 0) is 0 Å². The van der Waals surface area contributed by atoms with Crippen LogP contribution in [0.1, 0.15) is 30.3 Å². The highest BCUT2D eigenvalue weighted by atomic mass is 32.1. The number of aryl methyl sites for hydroxylation is 2. The van der Waals surface area contributed by atoms with Crippen LogP contribution in [0.25, 0.3) is 0 Å². The van der Waals surface area contributed by atoms with Gasteiger partial charge in [-0.3, -0.25) is 0 Å². The van der Waals surface area contributed by atoms with Gasteiger partial charge in [0.05, 0.1) is 11.2 Å². The minimum atomic E-state index is 0.0439. The van der Waals surface area contributed by atoms with Gasteiger partial charge in [-0.25, -0.2) is 4.98 Å². The van der Waals surface area contributed by atoms with Crippen molar-refractivity contribution in [1.82, 2.24) is 4.98 Å². The molecule has 0 bridgehead atoms. The Balaban J connectivity index is 1.99. The second-order valence-electron chi connectivity index (χ2n) is 4.61. The summed E-state index contributed by atoms with van der Waals surface area (Å²) >= 11 is 1.78. The number of rotatable bonds is 3. The molecule has 1 aliphatic heterocycles. The molecule has 0 spiro atoms. The molecule has 0 amide bonds. The van der Waals surface area contributed by atoms with E-state index in [0.29, 0.717) is 0 Å². The molecule has 0 aromatic carbocycles. The van der Waals surface area contributed by atoms with Gasteiger partial charge in [0.1, 0.15) is 0 Å².